The van der Waals surface area contributed by atoms with Crippen LogP contribution in [-0.2, 0) is 11.2 Å². The Balaban J connectivity index is 2.68. The highest BCUT2D eigenvalue weighted by molar-refractivity contribution is 6.33. The third kappa shape index (κ3) is 3.68. The lowest BCUT2D eigenvalue weighted by Gasteiger charge is -2.06. The molecule has 1 aromatic carbocycles. The molecule has 0 N–H and O–H groups in total. The molecule has 0 aliphatic heterocycles. The van der Waals surface area contributed by atoms with E-state index in [1.165, 1.54) is 18.2 Å². The zero-order valence-corrected chi connectivity index (χ0v) is 9.46. The van der Waals surface area contributed by atoms with Crippen LogP contribution >= 0.6 is 23.2 Å². The van der Waals surface area contributed by atoms with Gasteiger partial charge in [0.25, 0.3) is 0 Å². The average Bonchev–Trinajstić information content (AvgIpc) is 2.17. The van der Waals surface area contributed by atoms with Gasteiger partial charge in [0.2, 0.25) is 5.78 Å². The SMILES string of the molecule is O=C(CCc1cc(Cl)ccc1Cl)C(F)(F)F. The third-order valence-corrected chi connectivity index (χ3v) is 2.55. The molecule has 88 valence electrons. The minimum Gasteiger partial charge on any atom is -0.290 e. The summed E-state index contributed by atoms with van der Waals surface area (Å²) in [6.45, 7) is 0. The molecule has 1 nitrogen and oxygen atoms in total. The summed E-state index contributed by atoms with van der Waals surface area (Å²) in [6.07, 6.45) is -5.48. The number of ketones is 1. The van der Waals surface area contributed by atoms with Crippen molar-refractivity contribution in [2.24, 2.45) is 0 Å². The van der Waals surface area contributed by atoms with E-state index in [9.17, 15) is 18.0 Å². The van der Waals surface area contributed by atoms with Crippen LogP contribution in [0.2, 0.25) is 10.0 Å². The van der Waals surface area contributed by atoms with Crippen LogP contribution in [0.3, 0.4) is 0 Å². The Bertz CT molecular complexity index is 402. The molecule has 0 aromatic heterocycles. The van der Waals surface area contributed by atoms with Crippen LogP contribution in [0.25, 0.3) is 0 Å². The zero-order chi connectivity index (χ0) is 12.3. The molecule has 16 heavy (non-hydrogen) atoms. The number of carbonyl (C=O) groups excluding carboxylic acids is 1. The molecule has 0 radical (unpaired) electrons. The Kier molecular flexibility index (Phi) is 4.21. The lowest BCUT2D eigenvalue weighted by molar-refractivity contribution is -0.171. The molecule has 0 aliphatic carbocycles. The Labute approximate surface area is 100 Å². The van der Waals surface area contributed by atoms with E-state index in [4.69, 9.17) is 23.2 Å². The fraction of sp³-hybridized carbons (Fsp3) is 0.300. The van der Waals surface area contributed by atoms with Crippen LogP contribution in [-0.4, -0.2) is 12.0 Å². The molecule has 0 atom stereocenters. The highest BCUT2D eigenvalue weighted by atomic mass is 35.5. The molecular formula is C10H7Cl2F3O. The van der Waals surface area contributed by atoms with E-state index in [-0.39, 0.29) is 6.42 Å². The second kappa shape index (κ2) is 5.06. The molecule has 1 aromatic rings. The van der Waals surface area contributed by atoms with Crippen molar-refractivity contribution in [2.45, 2.75) is 19.0 Å². The number of aryl methyl sites for hydroxylation is 1. The van der Waals surface area contributed by atoms with E-state index in [0.717, 1.165) is 0 Å². The van der Waals surface area contributed by atoms with Gasteiger partial charge in [-0.2, -0.15) is 13.2 Å². The number of hydrogen-bond acceptors (Lipinski definition) is 1. The first-order valence-electron chi connectivity index (χ1n) is 4.34. The second-order valence-corrected chi connectivity index (χ2v) is 4.00. The zero-order valence-electron chi connectivity index (χ0n) is 7.94. The van der Waals surface area contributed by atoms with Crippen molar-refractivity contribution in [3.63, 3.8) is 0 Å². The van der Waals surface area contributed by atoms with Crippen molar-refractivity contribution in [3.8, 4) is 0 Å². The van der Waals surface area contributed by atoms with Crippen molar-refractivity contribution < 1.29 is 18.0 Å². The van der Waals surface area contributed by atoms with Gasteiger partial charge in [0.1, 0.15) is 0 Å². The van der Waals surface area contributed by atoms with Crippen LogP contribution in [0.15, 0.2) is 18.2 Å². The highest BCUT2D eigenvalue weighted by Gasteiger charge is 2.37. The quantitative estimate of drug-likeness (QED) is 0.810. The molecule has 0 saturated heterocycles. The molecule has 1 rings (SSSR count). The van der Waals surface area contributed by atoms with Crippen LogP contribution in [0.1, 0.15) is 12.0 Å². The molecule has 0 fully saturated rings. The molecule has 0 heterocycles. The van der Waals surface area contributed by atoms with E-state index in [0.29, 0.717) is 15.6 Å². The predicted molar refractivity (Wildman–Crippen MR) is 55.8 cm³/mol. The van der Waals surface area contributed by atoms with Crippen molar-refractivity contribution >= 4 is 29.0 Å². The summed E-state index contributed by atoms with van der Waals surface area (Å²) in [5.41, 5.74) is 0.437. The third-order valence-electron chi connectivity index (χ3n) is 1.95. The summed E-state index contributed by atoms with van der Waals surface area (Å²) in [7, 11) is 0. The standard InChI is InChI=1S/C10H7Cl2F3O/c11-7-2-3-8(12)6(5-7)1-4-9(16)10(13,14)15/h2-3,5H,1,4H2. The predicted octanol–water partition coefficient (Wildman–Crippen LogP) is 4.06. The van der Waals surface area contributed by atoms with Crippen LogP contribution in [0, 0.1) is 0 Å². The van der Waals surface area contributed by atoms with Gasteiger partial charge in [0.15, 0.2) is 0 Å². The monoisotopic (exact) mass is 270 g/mol. The number of carbonyl (C=O) groups is 1. The number of halogens is 5. The molecule has 0 unspecified atom stereocenters. The van der Waals surface area contributed by atoms with E-state index in [1.807, 2.05) is 0 Å². The van der Waals surface area contributed by atoms with Crippen LogP contribution in [0.4, 0.5) is 13.2 Å². The number of Topliss-reactive ketones (excluding diaryl/α,β-unsaturated/α-hetero) is 1. The lowest BCUT2D eigenvalue weighted by atomic mass is 10.1. The summed E-state index contributed by atoms with van der Waals surface area (Å²) >= 11 is 11.4. The molecule has 0 amide bonds. The Morgan fingerprint density at radius 2 is 1.88 bits per heavy atom. The van der Waals surface area contributed by atoms with Crippen LogP contribution in [0.5, 0.6) is 0 Å². The highest BCUT2D eigenvalue weighted by Crippen LogP contribution is 2.24. The lowest BCUT2D eigenvalue weighted by Crippen LogP contribution is -2.22. The first-order chi connectivity index (χ1) is 7.30. The number of rotatable bonds is 3. The van der Waals surface area contributed by atoms with Gasteiger partial charge in [-0.15, -0.1) is 0 Å². The summed E-state index contributed by atoms with van der Waals surface area (Å²) in [5.74, 6) is -1.76. The van der Waals surface area contributed by atoms with Gasteiger partial charge in [0, 0.05) is 16.5 Å². The fourth-order valence-electron chi connectivity index (χ4n) is 1.12. The van der Waals surface area contributed by atoms with Gasteiger partial charge < -0.3 is 0 Å². The number of hydrogen-bond donors (Lipinski definition) is 0. The second-order valence-electron chi connectivity index (χ2n) is 3.16. The van der Waals surface area contributed by atoms with Gasteiger partial charge in [-0.1, -0.05) is 23.2 Å². The van der Waals surface area contributed by atoms with Gasteiger partial charge in [-0.3, -0.25) is 4.79 Å². The Morgan fingerprint density at radius 1 is 1.25 bits per heavy atom. The maximum atomic E-state index is 11.9. The van der Waals surface area contributed by atoms with E-state index in [1.54, 1.807) is 0 Å². The Hall–Kier alpha value is -0.740. The molecule has 0 spiro atoms. The number of alkyl halides is 3. The van der Waals surface area contributed by atoms with Gasteiger partial charge in [-0.25, -0.2) is 0 Å². The summed E-state index contributed by atoms with van der Waals surface area (Å²) in [6, 6.07) is 4.46. The maximum absolute atomic E-state index is 11.9. The average molecular weight is 271 g/mol. The molecule has 6 heteroatoms. The van der Waals surface area contributed by atoms with Gasteiger partial charge in [0.05, 0.1) is 0 Å². The topological polar surface area (TPSA) is 17.1 Å². The minimum atomic E-state index is -4.79. The fourth-order valence-corrected chi connectivity index (χ4v) is 1.53. The van der Waals surface area contributed by atoms with Gasteiger partial charge >= 0.3 is 6.18 Å². The number of benzene rings is 1. The minimum absolute atomic E-state index is 0.0717. The van der Waals surface area contributed by atoms with E-state index in [2.05, 4.69) is 0 Å². The summed E-state index contributed by atoms with van der Waals surface area (Å²) in [4.78, 5) is 10.6. The summed E-state index contributed by atoms with van der Waals surface area (Å²) < 4.78 is 35.8. The normalized spacial score (nSPS) is 11.6. The maximum Gasteiger partial charge on any atom is 0.449 e. The van der Waals surface area contributed by atoms with Crippen molar-refractivity contribution in [1.29, 1.82) is 0 Å². The smallest absolute Gasteiger partial charge is 0.290 e. The van der Waals surface area contributed by atoms with Gasteiger partial charge in [-0.05, 0) is 30.2 Å². The molecule has 0 aliphatic rings. The van der Waals surface area contributed by atoms with E-state index >= 15 is 0 Å². The first kappa shape index (κ1) is 13.3. The molecular weight excluding hydrogens is 264 g/mol. The molecule has 0 bridgehead atoms. The Morgan fingerprint density at radius 3 is 2.44 bits per heavy atom. The van der Waals surface area contributed by atoms with Crippen molar-refractivity contribution in [3.05, 3.63) is 33.8 Å². The first-order valence-corrected chi connectivity index (χ1v) is 5.10. The largest absolute Gasteiger partial charge is 0.449 e. The van der Waals surface area contributed by atoms with E-state index < -0.39 is 18.4 Å². The van der Waals surface area contributed by atoms with Crippen molar-refractivity contribution in [2.75, 3.05) is 0 Å². The van der Waals surface area contributed by atoms with Crippen LogP contribution < -0.4 is 0 Å². The molecule has 0 saturated carbocycles. The van der Waals surface area contributed by atoms with Crippen molar-refractivity contribution in [1.82, 2.24) is 0 Å². The summed E-state index contributed by atoms with van der Waals surface area (Å²) in [5, 5.41) is 0.679.